The zero-order valence-electron chi connectivity index (χ0n) is 20.0. The summed E-state index contributed by atoms with van der Waals surface area (Å²) in [7, 11) is -0.115. The highest BCUT2D eigenvalue weighted by molar-refractivity contribution is 7.74. The van der Waals surface area contributed by atoms with Crippen LogP contribution >= 0.6 is 0 Å². The smallest absolute Gasteiger partial charge is 0.268 e. The van der Waals surface area contributed by atoms with E-state index in [-0.39, 0.29) is 29.2 Å². The van der Waals surface area contributed by atoms with Crippen molar-refractivity contribution < 1.29 is 22.5 Å². The van der Waals surface area contributed by atoms with Crippen LogP contribution in [-0.2, 0) is 26.1 Å². The van der Waals surface area contributed by atoms with Gasteiger partial charge in [0.05, 0.1) is 23.6 Å². The number of ether oxygens (including phenoxy) is 1. The van der Waals surface area contributed by atoms with Crippen molar-refractivity contribution >= 4 is 27.8 Å². The third-order valence-electron chi connectivity index (χ3n) is 6.20. The first-order valence-electron chi connectivity index (χ1n) is 11.2. The molecule has 188 valence electrons. The summed E-state index contributed by atoms with van der Waals surface area (Å²) in [6.45, 7) is 3.22. The SMILES string of the molecule is CN=[S-](=O)c1cccc(-c2cc(F)c3c(c2)N(Cc2c(C)nc4cc(F)c(C#N)cn24)C(=O)[C@@H](C)O3)c1. The van der Waals surface area contributed by atoms with E-state index in [1.165, 1.54) is 31.1 Å². The molecule has 2 aromatic heterocycles. The van der Waals surface area contributed by atoms with Gasteiger partial charge in [-0.3, -0.25) is 9.69 Å². The van der Waals surface area contributed by atoms with Crippen molar-refractivity contribution in [1.82, 2.24) is 9.38 Å². The number of halogens is 2. The number of nitriles is 1. The van der Waals surface area contributed by atoms with Crippen LogP contribution in [0.4, 0.5) is 14.5 Å². The van der Waals surface area contributed by atoms with E-state index in [1.54, 1.807) is 47.7 Å². The number of pyridine rings is 1. The summed E-state index contributed by atoms with van der Waals surface area (Å²) in [5, 5.41) is 9.27. The minimum atomic E-state index is -1.56. The maximum Gasteiger partial charge on any atom is 0.268 e. The van der Waals surface area contributed by atoms with E-state index >= 15 is 4.39 Å². The summed E-state index contributed by atoms with van der Waals surface area (Å²) >= 11 is 0. The molecule has 1 amide bonds. The number of anilines is 1. The molecule has 1 atom stereocenters. The van der Waals surface area contributed by atoms with Gasteiger partial charge in [-0.25, -0.2) is 13.8 Å². The number of fused-ring (bicyclic) bond motifs is 2. The number of carbonyl (C=O) groups excluding carboxylic acids is 1. The van der Waals surface area contributed by atoms with Gasteiger partial charge in [-0.05, 0) is 37.1 Å². The molecule has 0 fully saturated rings. The largest absolute Gasteiger partial charge is 0.476 e. The fraction of sp³-hybridized carbons (Fsp3) is 0.192. The highest BCUT2D eigenvalue weighted by Crippen LogP contribution is 2.41. The number of hydrogen-bond donors (Lipinski definition) is 0. The predicted molar refractivity (Wildman–Crippen MR) is 132 cm³/mol. The molecule has 37 heavy (non-hydrogen) atoms. The summed E-state index contributed by atoms with van der Waals surface area (Å²) in [6, 6.07) is 12.6. The van der Waals surface area contributed by atoms with Gasteiger partial charge in [0.2, 0.25) is 0 Å². The van der Waals surface area contributed by atoms with Crippen LogP contribution in [0.3, 0.4) is 0 Å². The molecule has 5 rings (SSSR count). The van der Waals surface area contributed by atoms with Gasteiger partial charge >= 0.3 is 0 Å². The van der Waals surface area contributed by atoms with E-state index in [9.17, 15) is 18.7 Å². The molecule has 0 N–H and O–H groups in total. The van der Waals surface area contributed by atoms with Crippen LogP contribution in [0.25, 0.3) is 16.8 Å². The molecule has 1 aliphatic heterocycles. The molecule has 3 heterocycles. The topological polar surface area (TPSA) is 100 Å². The minimum Gasteiger partial charge on any atom is -0.476 e. The molecule has 0 spiro atoms. The Bertz CT molecular complexity index is 1720. The van der Waals surface area contributed by atoms with Crippen LogP contribution in [0.15, 0.2) is 57.9 Å². The molecule has 0 radical (unpaired) electrons. The molecule has 1 aliphatic rings. The number of aryl methyl sites for hydroxylation is 1. The summed E-state index contributed by atoms with van der Waals surface area (Å²) in [5.41, 5.74) is 2.42. The molecule has 8 nitrogen and oxygen atoms in total. The van der Waals surface area contributed by atoms with Gasteiger partial charge in [-0.2, -0.15) is 15.9 Å². The van der Waals surface area contributed by atoms with Crippen LogP contribution in [0.2, 0.25) is 0 Å². The average molecular weight is 521 g/mol. The molecule has 0 aliphatic carbocycles. The van der Waals surface area contributed by atoms with E-state index in [0.717, 1.165) is 6.07 Å². The van der Waals surface area contributed by atoms with Crippen LogP contribution in [0.5, 0.6) is 5.75 Å². The highest BCUT2D eigenvalue weighted by Gasteiger charge is 2.35. The van der Waals surface area contributed by atoms with E-state index in [2.05, 4.69) is 9.35 Å². The Morgan fingerprint density at radius 1 is 1.19 bits per heavy atom. The lowest BCUT2D eigenvalue weighted by Gasteiger charge is -2.33. The van der Waals surface area contributed by atoms with Gasteiger partial charge in [-0.15, -0.1) is 0 Å². The molecule has 0 saturated heterocycles. The summed E-state index contributed by atoms with van der Waals surface area (Å²) in [4.78, 5) is 19.5. The second kappa shape index (κ2) is 9.29. The Morgan fingerprint density at radius 3 is 2.70 bits per heavy atom. The second-order valence-corrected chi connectivity index (χ2v) is 9.80. The number of nitrogens with zero attached hydrogens (tertiary/aromatic N) is 5. The van der Waals surface area contributed by atoms with Gasteiger partial charge in [0.25, 0.3) is 5.91 Å². The van der Waals surface area contributed by atoms with Gasteiger partial charge in [0.1, 0.15) is 23.1 Å². The summed E-state index contributed by atoms with van der Waals surface area (Å²) in [6.07, 6.45) is 0.382. The van der Waals surface area contributed by atoms with Crippen LogP contribution in [-0.4, -0.2) is 28.4 Å². The molecular formula is C26H20F2N5O3S-. The molecule has 0 bridgehead atoms. The highest BCUT2D eigenvalue weighted by atomic mass is 32.2. The Labute approximate surface area is 213 Å². The molecule has 2 aromatic carbocycles. The van der Waals surface area contributed by atoms with Crippen LogP contribution in [0, 0.1) is 29.9 Å². The van der Waals surface area contributed by atoms with Crippen molar-refractivity contribution in [1.29, 1.82) is 5.26 Å². The predicted octanol–water partition coefficient (Wildman–Crippen LogP) is 4.91. The zero-order chi connectivity index (χ0) is 26.4. The molecule has 11 heteroatoms. The van der Waals surface area contributed by atoms with Gasteiger partial charge in [-0.1, -0.05) is 29.2 Å². The molecular weight excluding hydrogens is 500 g/mol. The number of benzene rings is 2. The van der Waals surface area contributed by atoms with Crippen molar-refractivity contribution in [2.45, 2.75) is 31.4 Å². The monoisotopic (exact) mass is 520 g/mol. The van der Waals surface area contributed by atoms with Crippen molar-refractivity contribution in [2.24, 2.45) is 4.36 Å². The normalized spacial score (nSPS) is 15.9. The molecule has 0 unspecified atom stereocenters. The zero-order valence-corrected chi connectivity index (χ0v) is 20.8. The van der Waals surface area contributed by atoms with Crippen molar-refractivity contribution in [3.8, 4) is 22.9 Å². The van der Waals surface area contributed by atoms with Crippen molar-refractivity contribution in [2.75, 3.05) is 11.9 Å². The number of aromatic nitrogens is 2. The molecule has 4 aromatic rings. The lowest BCUT2D eigenvalue weighted by Crippen LogP contribution is -2.44. The minimum absolute atomic E-state index is 0.0231. The Morgan fingerprint density at radius 2 is 1.97 bits per heavy atom. The lowest BCUT2D eigenvalue weighted by atomic mass is 10.0. The average Bonchev–Trinajstić information content (AvgIpc) is 3.19. The van der Waals surface area contributed by atoms with Crippen molar-refractivity contribution in [3.05, 3.63) is 77.2 Å². The first kappa shape index (κ1) is 24.4. The van der Waals surface area contributed by atoms with Crippen molar-refractivity contribution in [3.63, 3.8) is 0 Å². The first-order chi connectivity index (χ1) is 17.7. The van der Waals surface area contributed by atoms with Gasteiger partial charge in [0, 0.05) is 19.3 Å². The van der Waals surface area contributed by atoms with E-state index in [1.807, 2.05) is 0 Å². The Balaban J connectivity index is 1.65. The fourth-order valence-corrected chi connectivity index (χ4v) is 4.97. The summed E-state index contributed by atoms with van der Waals surface area (Å²) in [5.74, 6) is -1.83. The van der Waals surface area contributed by atoms with E-state index in [4.69, 9.17) is 4.74 Å². The van der Waals surface area contributed by atoms with E-state index in [0.29, 0.717) is 27.4 Å². The van der Waals surface area contributed by atoms with E-state index < -0.39 is 34.2 Å². The number of rotatable bonds is 4. The number of imidazole rings is 1. The van der Waals surface area contributed by atoms with Gasteiger partial charge < -0.3 is 17.7 Å². The lowest BCUT2D eigenvalue weighted by molar-refractivity contribution is -0.125. The molecule has 0 saturated carbocycles. The van der Waals surface area contributed by atoms with Gasteiger partial charge in [0.15, 0.2) is 17.7 Å². The standard InChI is InChI=1S/C26H20F2N5O3S/c1-14-23(32-12-18(11-29)20(27)10-24(32)31-14)13-33-22-9-17(8-21(28)25(22)36-15(2)26(33)34)16-5-4-6-19(7-16)37(35)30-3/h4-10,12,15H,13H2,1-3H3/q-1/t15-/m1/s1. The Kier molecular flexibility index (Phi) is 6.13. The maximum atomic E-state index is 15.3. The Hall–Kier alpha value is -4.30. The third kappa shape index (κ3) is 4.19. The second-order valence-electron chi connectivity index (χ2n) is 8.47. The first-order valence-corrected chi connectivity index (χ1v) is 12.3. The quantitative estimate of drug-likeness (QED) is 0.356. The summed E-state index contributed by atoms with van der Waals surface area (Å²) < 4.78 is 52.6. The maximum absolute atomic E-state index is 15.3. The third-order valence-corrected chi connectivity index (χ3v) is 7.18. The fourth-order valence-electron chi connectivity index (χ4n) is 4.33. The number of carbonyl (C=O) groups is 1. The van der Waals surface area contributed by atoms with Crippen LogP contribution in [0.1, 0.15) is 23.9 Å². The number of hydrogen-bond acceptors (Lipinski definition) is 7. The number of amides is 1. The van der Waals surface area contributed by atoms with Crippen LogP contribution < -0.4 is 9.64 Å².